The Balaban J connectivity index is 0.00000150. The second kappa shape index (κ2) is 5.63. The maximum Gasteiger partial charge on any atom is 0.0780 e. The number of imidazole rings is 1. The van der Waals surface area contributed by atoms with Crippen molar-refractivity contribution in [1.82, 2.24) is 9.38 Å². The van der Waals surface area contributed by atoms with Crippen LogP contribution >= 0.6 is 0 Å². The van der Waals surface area contributed by atoms with E-state index in [0.717, 1.165) is 22.1 Å². The van der Waals surface area contributed by atoms with Gasteiger partial charge in [0.25, 0.3) is 0 Å². The summed E-state index contributed by atoms with van der Waals surface area (Å²) in [7, 11) is 0. The van der Waals surface area contributed by atoms with Crippen LogP contribution in [0.5, 0.6) is 0 Å². The number of para-hydroxylation sites is 1. The standard InChI is InChI=1S/C23H13N2.Ir/c1-2-8-16-14-22-20(13-15(16)7-1)24-23-19-11-4-3-9-17(19)18-10-5-6-12-21(18)25(22)23;/h1-10,12-14H;/q-1;. The molecule has 0 N–H and O–H groups in total. The van der Waals surface area contributed by atoms with Gasteiger partial charge >= 0.3 is 0 Å². The van der Waals surface area contributed by atoms with Crippen LogP contribution in [0.3, 0.4) is 0 Å². The van der Waals surface area contributed by atoms with Crippen LogP contribution < -0.4 is 0 Å². The van der Waals surface area contributed by atoms with Gasteiger partial charge in [-0.25, -0.2) is 0 Å². The van der Waals surface area contributed by atoms with Crippen LogP contribution in [0.2, 0.25) is 0 Å². The predicted molar refractivity (Wildman–Crippen MR) is 104 cm³/mol. The minimum absolute atomic E-state index is 0. The molecule has 0 saturated heterocycles. The first-order valence-electron chi connectivity index (χ1n) is 8.42. The second-order valence-electron chi connectivity index (χ2n) is 6.43. The normalized spacial score (nSPS) is 11.5. The van der Waals surface area contributed by atoms with E-state index in [4.69, 9.17) is 4.98 Å². The van der Waals surface area contributed by atoms with E-state index in [0.29, 0.717) is 0 Å². The number of rotatable bonds is 0. The van der Waals surface area contributed by atoms with Crippen molar-refractivity contribution in [3.63, 3.8) is 0 Å². The van der Waals surface area contributed by atoms with Crippen LogP contribution in [0.15, 0.2) is 78.9 Å². The van der Waals surface area contributed by atoms with Crippen molar-refractivity contribution in [2.45, 2.75) is 0 Å². The summed E-state index contributed by atoms with van der Waals surface area (Å²) in [6.07, 6.45) is 0. The first kappa shape index (κ1) is 15.5. The van der Waals surface area contributed by atoms with Gasteiger partial charge < -0.3 is 4.40 Å². The summed E-state index contributed by atoms with van der Waals surface area (Å²) in [5, 5.41) is 5.95. The van der Waals surface area contributed by atoms with E-state index in [-0.39, 0.29) is 20.1 Å². The first-order valence-corrected chi connectivity index (χ1v) is 8.42. The van der Waals surface area contributed by atoms with Gasteiger partial charge in [-0.2, -0.15) is 0 Å². The molecule has 0 aliphatic heterocycles. The predicted octanol–water partition coefficient (Wildman–Crippen LogP) is 5.74. The molecule has 0 bridgehead atoms. The fourth-order valence-electron chi connectivity index (χ4n) is 3.92. The van der Waals surface area contributed by atoms with Crippen LogP contribution in [0.25, 0.3) is 49.1 Å². The molecule has 0 aliphatic rings. The SMILES string of the molecule is [Ir].[c-]1cccc2c1c1nc3cc4ccccc4cc3n1c1ccccc21. The van der Waals surface area contributed by atoms with Gasteiger partial charge in [0, 0.05) is 25.6 Å². The molecule has 2 nitrogen and oxygen atoms in total. The minimum Gasteiger partial charge on any atom is -0.333 e. The molecule has 0 spiro atoms. The van der Waals surface area contributed by atoms with Crippen molar-refractivity contribution < 1.29 is 20.1 Å². The molecular weight excluding hydrogens is 496 g/mol. The van der Waals surface area contributed by atoms with Crippen molar-refractivity contribution in [2.75, 3.05) is 0 Å². The van der Waals surface area contributed by atoms with Gasteiger partial charge in [0.15, 0.2) is 0 Å². The third-order valence-corrected chi connectivity index (χ3v) is 5.04. The molecule has 2 aromatic heterocycles. The molecule has 0 fully saturated rings. The average Bonchev–Trinajstić information content (AvgIpc) is 3.05. The molecular formula is C23H13IrN2-. The summed E-state index contributed by atoms with van der Waals surface area (Å²) in [6.45, 7) is 0. The Bertz CT molecular complexity index is 1450. The fourth-order valence-corrected chi connectivity index (χ4v) is 3.92. The topological polar surface area (TPSA) is 17.3 Å². The molecule has 2 heterocycles. The van der Waals surface area contributed by atoms with Gasteiger partial charge in [-0.1, -0.05) is 47.9 Å². The number of hydrogen-bond acceptors (Lipinski definition) is 1. The van der Waals surface area contributed by atoms with E-state index in [2.05, 4.69) is 77.2 Å². The van der Waals surface area contributed by atoms with Crippen molar-refractivity contribution >= 4 is 49.1 Å². The van der Waals surface area contributed by atoms with Gasteiger partial charge in [0.2, 0.25) is 0 Å². The van der Waals surface area contributed by atoms with Gasteiger partial charge in [-0.15, -0.1) is 29.7 Å². The molecule has 0 saturated carbocycles. The van der Waals surface area contributed by atoms with Gasteiger partial charge in [-0.3, -0.25) is 4.98 Å². The average molecular weight is 510 g/mol. The molecule has 0 unspecified atom stereocenters. The zero-order valence-corrected chi connectivity index (χ0v) is 16.1. The molecule has 1 radical (unpaired) electrons. The van der Waals surface area contributed by atoms with Crippen molar-refractivity contribution in [3.8, 4) is 0 Å². The van der Waals surface area contributed by atoms with Gasteiger partial charge in [0.1, 0.15) is 0 Å². The number of fused-ring (bicyclic) bond motifs is 9. The number of hydrogen-bond donors (Lipinski definition) is 0. The third-order valence-electron chi connectivity index (χ3n) is 5.04. The van der Waals surface area contributed by atoms with Crippen LogP contribution in [0, 0.1) is 6.07 Å². The second-order valence-corrected chi connectivity index (χ2v) is 6.43. The van der Waals surface area contributed by atoms with Crippen molar-refractivity contribution in [3.05, 3.63) is 84.9 Å². The molecule has 0 amide bonds. The van der Waals surface area contributed by atoms with Crippen LogP contribution in [-0.4, -0.2) is 9.38 Å². The molecule has 26 heavy (non-hydrogen) atoms. The van der Waals surface area contributed by atoms with E-state index >= 15 is 0 Å². The molecule has 0 aliphatic carbocycles. The number of benzene rings is 4. The number of pyridine rings is 1. The third kappa shape index (κ3) is 1.99. The Kier molecular flexibility index (Phi) is 3.36. The number of nitrogens with zero attached hydrogens (tertiary/aromatic N) is 2. The summed E-state index contributed by atoms with van der Waals surface area (Å²) in [6, 6.07) is 31.0. The zero-order chi connectivity index (χ0) is 16.4. The minimum atomic E-state index is 0. The van der Waals surface area contributed by atoms with E-state index in [1.54, 1.807) is 0 Å². The summed E-state index contributed by atoms with van der Waals surface area (Å²) >= 11 is 0. The van der Waals surface area contributed by atoms with Crippen molar-refractivity contribution in [2.24, 2.45) is 0 Å². The van der Waals surface area contributed by atoms with Crippen LogP contribution in [-0.2, 0) is 20.1 Å². The summed E-state index contributed by atoms with van der Waals surface area (Å²) in [5.41, 5.74) is 4.32. The van der Waals surface area contributed by atoms with Crippen molar-refractivity contribution in [1.29, 1.82) is 0 Å². The number of aromatic nitrogens is 2. The van der Waals surface area contributed by atoms with E-state index in [9.17, 15) is 0 Å². The smallest absolute Gasteiger partial charge is 0.0780 e. The van der Waals surface area contributed by atoms with E-state index < -0.39 is 0 Å². The Hall–Kier alpha value is -2.74. The Morgan fingerprint density at radius 2 is 1.46 bits per heavy atom. The van der Waals surface area contributed by atoms with E-state index in [1.807, 2.05) is 12.1 Å². The Morgan fingerprint density at radius 1 is 0.731 bits per heavy atom. The summed E-state index contributed by atoms with van der Waals surface area (Å²) in [5.74, 6) is 0. The fraction of sp³-hybridized carbons (Fsp3) is 0. The van der Waals surface area contributed by atoms with E-state index in [1.165, 1.54) is 27.1 Å². The Labute approximate surface area is 163 Å². The molecule has 125 valence electrons. The largest absolute Gasteiger partial charge is 0.333 e. The van der Waals surface area contributed by atoms with Crippen LogP contribution in [0.4, 0.5) is 0 Å². The molecule has 4 aromatic carbocycles. The molecule has 6 rings (SSSR count). The van der Waals surface area contributed by atoms with Crippen LogP contribution in [0.1, 0.15) is 0 Å². The Morgan fingerprint density at radius 3 is 2.35 bits per heavy atom. The quantitative estimate of drug-likeness (QED) is 0.188. The maximum absolute atomic E-state index is 4.98. The molecule has 3 heteroatoms. The first-order chi connectivity index (χ1) is 12.4. The molecule has 6 aromatic rings. The maximum atomic E-state index is 4.98. The monoisotopic (exact) mass is 510 g/mol. The summed E-state index contributed by atoms with van der Waals surface area (Å²) < 4.78 is 2.27. The van der Waals surface area contributed by atoms with Gasteiger partial charge in [-0.05, 0) is 34.4 Å². The van der Waals surface area contributed by atoms with Gasteiger partial charge in [0.05, 0.1) is 16.7 Å². The zero-order valence-electron chi connectivity index (χ0n) is 13.7. The summed E-state index contributed by atoms with van der Waals surface area (Å²) in [4.78, 5) is 4.98. The molecule has 0 atom stereocenters.